The van der Waals surface area contributed by atoms with E-state index in [-0.39, 0.29) is 13.0 Å². The average Bonchev–Trinajstić information content (AvgIpc) is 2.85. The maximum absolute atomic E-state index is 10.8. The molecular formula is C26H21N3O4. The Morgan fingerprint density at radius 1 is 0.909 bits per heavy atom. The van der Waals surface area contributed by atoms with E-state index in [4.69, 9.17) is 30.5 Å². The van der Waals surface area contributed by atoms with E-state index in [1.165, 1.54) is 0 Å². The van der Waals surface area contributed by atoms with Crippen LogP contribution in [0.25, 0.3) is 0 Å². The van der Waals surface area contributed by atoms with Gasteiger partial charge in [0.15, 0.2) is 0 Å². The van der Waals surface area contributed by atoms with Crippen LogP contribution in [0.1, 0.15) is 34.6 Å². The molecule has 0 aromatic heterocycles. The van der Waals surface area contributed by atoms with E-state index < -0.39 is 11.9 Å². The number of rotatable bonds is 10. The first-order valence-corrected chi connectivity index (χ1v) is 10.1. The van der Waals surface area contributed by atoms with E-state index in [1.807, 2.05) is 24.3 Å². The van der Waals surface area contributed by atoms with Gasteiger partial charge < -0.3 is 20.0 Å². The topological polar surface area (TPSA) is 127 Å². The smallest absolute Gasteiger partial charge is 0.305 e. The normalized spacial score (nSPS) is 11.0. The largest absolute Gasteiger partial charge is 0.489 e. The third kappa shape index (κ3) is 6.68. The van der Waals surface area contributed by atoms with Gasteiger partial charge >= 0.3 is 5.97 Å². The number of carboxylic acids is 1. The number of hydrogen-bond acceptors (Lipinski definition) is 6. The number of carboxylic acid groups (broad SMARTS) is 1. The van der Waals surface area contributed by atoms with Crippen LogP contribution in [-0.2, 0) is 11.4 Å². The number of aliphatic carboxylic acids is 1. The quantitative estimate of drug-likeness (QED) is 0.442. The molecule has 0 bridgehead atoms. The lowest BCUT2D eigenvalue weighted by Gasteiger charge is -2.11. The van der Waals surface area contributed by atoms with E-state index in [2.05, 4.69) is 0 Å². The standard InChI is InChI=1S/C26H21N3O4/c27-14-18-1-5-21(6-2-18)25(29)17-33-23-9-3-19(4-10-23)16-32-24-11-7-20(8-12-24)22(15-28)13-26(30)31/h1-12,22,29H,13,16-17H2,(H,30,31). The molecular weight excluding hydrogens is 418 g/mol. The van der Waals surface area contributed by atoms with Crippen molar-refractivity contribution >= 4 is 11.7 Å². The van der Waals surface area contributed by atoms with Crippen LogP contribution in [0.4, 0.5) is 0 Å². The molecule has 2 N–H and O–H groups in total. The van der Waals surface area contributed by atoms with Gasteiger partial charge in [-0.05, 0) is 53.1 Å². The van der Waals surface area contributed by atoms with Crippen LogP contribution in [0, 0.1) is 28.1 Å². The molecule has 0 radical (unpaired) electrons. The van der Waals surface area contributed by atoms with Crippen LogP contribution < -0.4 is 9.47 Å². The monoisotopic (exact) mass is 439 g/mol. The Morgan fingerprint density at radius 3 is 2.09 bits per heavy atom. The van der Waals surface area contributed by atoms with Gasteiger partial charge in [0, 0.05) is 0 Å². The summed E-state index contributed by atoms with van der Waals surface area (Å²) >= 11 is 0. The van der Waals surface area contributed by atoms with E-state index in [0.717, 1.165) is 5.56 Å². The Labute approximate surface area is 191 Å². The highest BCUT2D eigenvalue weighted by atomic mass is 16.5. The Kier molecular flexibility index (Phi) is 7.77. The molecule has 7 heteroatoms. The summed E-state index contributed by atoms with van der Waals surface area (Å²) in [6.45, 7) is 0.442. The summed E-state index contributed by atoms with van der Waals surface area (Å²) in [5.41, 5.74) is 3.13. The molecule has 0 aliphatic rings. The second-order valence-corrected chi connectivity index (χ2v) is 7.24. The van der Waals surface area contributed by atoms with Crippen LogP contribution in [0.5, 0.6) is 11.5 Å². The highest BCUT2D eigenvalue weighted by Gasteiger charge is 2.14. The zero-order valence-corrected chi connectivity index (χ0v) is 17.7. The minimum atomic E-state index is -1.01. The van der Waals surface area contributed by atoms with Gasteiger partial charge in [0.1, 0.15) is 24.7 Å². The Bertz CT molecular complexity index is 1190. The van der Waals surface area contributed by atoms with E-state index in [9.17, 15) is 4.79 Å². The van der Waals surface area contributed by atoms with Gasteiger partial charge in [-0.15, -0.1) is 0 Å². The molecule has 0 saturated heterocycles. The summed E-state index contributed by atoms with van der Waals surface area (Å²) in [6, 6.07) is 25.0. The highest BCUT2D eigenvalue weighted by molar-refractivity contribution is 5.99. The third-order valence-corrected chi connectivity index (χ3v) is 4.89. The number of nitrogens with one attached hydrogen (secondary N) is 1. The summed E-state index contributed by atoms with van der Waals surface area (Å²) in [5, 5.41) is 35.0. The van der Waals surface area contributed by atoms with Crippen molar-refractivity contribution in [3.63, 3.8) is 0 Å². The summed E-state index contributed by atoms with van der Waals surface area (Å²) < 4.78 is 11.4. The second kappa shape index (κ2) is 11.1. The number of carbonyl (C=O) groups is 1. The number of nitrogens with zero attached hydrogens (tertiary/aromatic N) is 2. The molecule has 1 unspecified atom stereocenters. The predicted octanol–water partition coefficient (Wildman–Crippen LogP) is 4.67. The first-order valence-electron chi connectivity index (χ1n) is 10.1. The van der Waals surface area contributed by atoms with Crippen molar-refractivity contribution in [2.75, 3.05) is 6.61 Å². The summed E-state index contributed by atoms with van der Waals surface area (Å²) in [7, 11) is 0. The maximum atomic E-state index is 10.8. The molecule has 1 atom stereocenters. The lowest BCUT2D eigenvalue weighted by molar-refractivity contribution is -0.137. The second-order valence-electron chi connectivity index (χ2n) is 7.24. The Hall–Kier alpha value is -4.62. The zero-order chi connectivity index (χ0) is 23.6. The maximum Gasteiger partial charge on any atom is 0.305 e. The van der Waals surface area contributed by atoms with Crippen molar-refractivity contribution in [1.82, 2.24) is 0 Å². The van der Waals surface area contributed by atoms with Crippen LogP contribution in [0.15, 0.2) is 72.8 Å². The van der Waals surface area contributed by atoms with Crippen LogP contribution in [-0.4, -0.2) is 23.4 Å². The minimum absolute atomic E-state index is 0.111. The highest BCUT2D eigenvalue weighted by Crippen LogP contribution is 2.23. The van der Waals surface area contributed by atoms with E-state index >= 15 is 0 Å². The first-order chi connectivity index (χ1) is 16.0. The van der Waals surface area contributed by atoms with Crippen molar-refractivity contribution in [3.05, 3.63) is 95.1 Å². The summed E-state index contributed by atoms with van der Waals surface area (Å²) in [6.07, 6.45) is -0.238. The number of ether oxygens (including phenoxy) is 2. The third-order valence-electron chi connectivity index (χ3n) is 4.89. The zero-order valence-electron chi connectivity index (χ0n) is 17.7. The lowest BCUT2D eigenvalue weighted by Crippen LogP contribution is -2.11. The van der Waals surface area contributed by atoms with Gasteiger partial charge in [-0.2, -0.15) is 10.5 Å². The molecule has 0 heterocycles. The fourth-order valence-electron chi connectivity index (χ4n) is 3.04. The van der Waals surface area contributed by atoms with Crippen molar-refractivity contribution in [3.8, 4) is 23.6 Å². The van der Waals surface area contributed by atoms with Crippen molar-refractivity contribution < 1.29 is 19.4 Å². The van der Waals surface area contributed by atoms with E-state index in [1.54, 1.807) is 60.7 Å². The molecule has 7 nitrogen and oxygen atoms in total. The Morgan fingerprint density at radius 2 is 1.52 bits per heavy atom. The van der Waals surface area contributed by atoms with Crippen LogP contribution >= 0.6 is 0 Å². The average molecular weight is 439 g/mol. The fraction of sp³-hybridized carbons (Fsp3) is 0.154. The lowest BCUT2D eigenvalue weighted by atomic mass is 9.97. The molecule has 164 valence electrons. The van der Waals surface area contributed by atoms with Gasteiger partial charge in [-0.25, -0.2) is 0 Å². The summed E-state index contributed by atoms with van der Waals surface area (Å²) in [5.74, 6) is -0.465. The van der Waals surface area contributed by atoms with Gasteiger partial charge in [0.2, 0.25) is 0 Å². The summed E-state index contributed by atoms with van der Waals surface area (Å²) in [4.78, 5) is 10.8. The van der Waals surface area contributed by atoms with Crippen LogP contribution in [0.3, 0.4) is 0 Å². The van der Waals surface area contributed by atoms with Crippen molar-refractivity contribution in [1.29, 1.82) is 15.9 Å². The van der Waals surface area contributed by atoms with Gasteiger partial charge in [-0.1, -0.05) is 36.4 Å². The van der Waals surface area contributed by atoms with Gasteiger partial charge in [-0.3, -0.25) is 4.79 Å². The molecule has 3 rings (SSSR count). The van der Waals surface area contributed by atoms with Crippen LogP contribution in [0.2, 0.25) is 0 Å². The molecule has 0 fully saturated rings. The Balaban J connectivity index is 1.49. The molecule has 0 saturated carbocycles. The molecule has 0 aliphatic heterocycles. The minimum Gasteiger partial charge on any atom is -0.489 e. The van der Waals surface area contributed by atoms with Crippen molar-refractivity contribution in [2.45, 2.75) is 18.9 Å². The van der Waals surface area contributed by atoms with Crippen molar-refractivity contribution in [2.24, 2.45) is 0 Å². The molecule has 33 heavy (non-hydrogen) atoms. The van der Waals surface area contributed by atoms with Gasteiger partial charge in [0.05, 0.1) is 35.8 Å². The number of nitriles is 2. The number of benzene rings is 3. The molecule has 3 aromatic rings. The molecule has 0 amide bonds. The number of hydrogen-bond donors (Lipinski definition) is 2. The first kappa shape index (κ1) is 23.1. The molecule has 0 spiro atoms. The van der Waals surface area contributed by atoms with E-state index in [0.29, 0.717) is 40.5 Å². The van der Waals surface area contributed by atoms with Gasteiger partial charge in [0.25, 0.3) is 0 Å². The fourth-order valence-corrected chi connectivity index (χ4v) is 3.04. The predicted molar refractivity (Wildman–Crippen MR) is 121 cm³/mol. The molecule has 3 aromatic carbocycles. The molecule has 0 aliphatic carbocycles. The SMILES string of the molecule is N#Cc1ccc(C(=N)COc2ccc(COc3ccc(C(C#N)CC(=O)O)cc3)cc2)cc1.